The first-order valence-corrected chi connectivity index (χ1v) is 8.50. The van der Waals surface area contributed by atoms with E-state index in [1.165, 1.54) is 5.56 Å². The molecule has 0 aliphatic rings. The average molecular weight is 369 g/mol. The largest absolute Gasteiger partial charge is 0.372 e. The number of pyridine rings is 1. The van der Waals surface area contributed by atoms with Crippen LogP contribution in [0.3, 0.4) is 0 Å². The highest BCUT2D eigenvalue weighted by Gasteiger charge is 2.09. The predicted molar refractivity (Wildman–Crippen MR) is 106 cm³/mol. The maximum absolute atomic E-state index is 12.0. The standard InChI is InChI=1S/C20H18ClNO.CH3NO/c1-14-4-3-5-17(10-14)20-12-19(23)11-15(2)22(20)13-16-6-8-18(21)9-7-16;2-1-3/h3-12H,13H2,1-2H3;1H,(H2,2,3). The van der Waals surface area contributed by atoms with Crippen molar-refractivity contribution in [2.24, 2.45) is 5.73 Å². The molecule has 0 saturated heterocycles. The minimum atomic E-state index is 0.0337. The first-order valence-electron chi connectivity index (χ1n) is 8.13. The van der Waals surface area contributed by atoms with E-state index in [2.05, 4.69) is 29.4 Å². The third-order valence-corrected chi connectivity index (χ3v) is 4.17. The third-order valence-electron chi connectivity index (χ3n) is 3.91. The van der Waals surface area contributed by atoms with Crippen molar-refractivity contribution in [1.82, 2.24) is 4.57 Å². The zero-order chi connectivity index (χ0) is 19.1. The van der Waals surface area contributed by atoms with Crippen molar-refractivity contribution in [3.63, 3.8) is 0 Å². The Bertz CT molecular complexity index is 947. The number of nitrogens with zero attached hydrogens (tertiary/aromatic N) is 1. The fourth-order valence-corrected chi connectivity index (χ4v) is 2.88. The Kier molecular flexibility index (Phi) is 6.75. The van der Waals surface area contributed by atoms with Crippen LogP contribution < -0.4 is 11.2 Å². The summed E-state index contributed by atoms with van der Waals surface area (Å²) in [5.74, 6) is 0. The number of aromatic nitrogens is 1. The molecule has 0 radical (unpaired) electrons. The van der Waals surface area contributed by atoms with Crippen LogP contribution in [-0.2, 0) is 11.3 Å². The van der Waals surface area contributed by atoms with Crippen molar-refractivity contribution in [2.45, 2.75) is 20.4 Å². The summed E-state index contributed by atoms with van der Waals surface area (Å²) in [7, 11) is 0. The minimum absolute atomic E-state index is 0.0337. The van der Waals surface area contributed by atoms with Crippen molar-refractivity contribution in [1.29, 1.82) is 0 Å². The van der Waals surface area contributed by atoms with E-state index in [-0.39, 0.29) is 11.8 Å². The van der Waals surface area contributed by atoms with E-state index in [0.717, 1.165) is 27.5 Å². The van der Waals surface area contributed by atoms with Gasteiger partial charge in [0, 0.05) is 29.4 Å². The van der Waals surface area contributed by atoms with Gasteiger partial charge in [-0.3, -0.25) is 9.59 Å². The van der Waals surface area contributed by atoms with Gasteiger partial charge >= 0.3 is 0 Å². The lowest BCUT2D eigenvalue weighted by Gasteiger charge is -2.17. The molecular formula is C21H21ClN2O2. The molecule has 3 rings (SSSR count). The zero-order valence-electron chi connectivity index (χ0n) is 14.8. The van der Waals surface area contributed by atoms with Gasteiger partial charge in [0.2, 0.25) is 6.41 Å². The predicted octanol–water partition coefficient (Wildman–Crippen LogP) is 3.94. The van der Waals surface area contributed by atoms with Gasteiger partial charge < -0.3 is 10.3 Å². The van der Waals surface area contributed by atoms with Crippen LogP contribution in [0.1, 0.15) is 16.8 Å². The lowest BCUT2D eigenvalue weighted by molar-refractivity contribution is -0.106. The Labute approximate surface area is 157 Å². The monoisotopic (exact) mass is 368 g/mol. The highest BCUT2D eigenvalue weighted by atomic mass is 35.5. The number of rotatable bonds is 3. The van der Waals surface area contributed by atoms with Gasteiger partial charge in [0.1, 0.15) is 0 Å². The molecule has 0 fully saturated rings. The number of aryl methyl sites for hydroxylation is 2. The number of hydrogen-bond acceptors (Lipinski definition) is 2. The van der Waals surface area contributed by atoms with E-state index in [9.17, 15) is 4.79 Å². The van der Waals surface area contributed by atoms with Crippen LogP contribution in [0, 0.1) is 13.8 Å². The van der Waals surface area contributed by atoms with Crippen LogP contribution in [0.25, 0.3) is 11.3 Å². The molecule has 26 heavy (non-hydrogen) atoms. The van der Waals surface area contributed by atoms with E-state index in [1.54, 1.807) is 12.1 Å². The number of benzene rings is 2. The molecule has 134 valence electrons. The molecule has 3 aromatic rings. The highest BCUT2D eigenvalue weighted by molar-refractivity contribution is 6.30. The number of primary amides is 1. The summed E-state index contributed by atoms with van der Waals surface area (Å²) in [6.45, 7) is 4.73. The quantitative estimate of drug-likeness (QED) is 0.712. The fourth-order valence-electron chi connectivity index (χ4n) is 2.75. The molecule has 2 N–H and O–H groups in total. The Hall–Kier alpha value is -2.85. The fraction of sp³-hybridized carbons (Fsp3) is 0.143. The SMILES string of the molecule is Cc1cccc(-c2cc(=O)cc(C)n2Cc2ccc(Cl)cc2)c1.NC=O. The molecule has 0 spiro atoms. The van der Waals surface area contributed by atoms with Gasteiger partial charge in [-0.15, -0.1) is 0 Å². The first-order chi connectivity index (χ1) is 12.4. The van der Waals surface area contributed by atoms with Crippen molar-refractivity contribution >= 4 is 18.0 Å². The molecule has 1 amide bonds. The molecule has 0 atom stereocenters. The van der Waals surface area contributed by atoms with E-state index in [0.29, 0.717) is 6.54 Å². The number of carbonyl (C=O) groups excluding carboxylic acids is 1. The topological polar surface area (TPSA) is 65.1 Å². The normalized spacial score (nSPS) is 9.96. The number of amides is 1. The van der Waals surface area contributed by atoms with Crippen molar-refractivity contribution in [3.8, 4) is 11.3 Å². The summed E-state index contributed by atoms with van der Waals surface area (Å²) >= 11 is 5.96. The second-order valence-electron chi connectivity index (χ2n) is 5.94. The summed E-state index contributed by atoms with van der Waals surface area (Å²) in [6, 6.07) is 19.4. The van der Waals surface area contributed by atoms with Gasteiger partial charge in [0.15, 0.2) is 5.43 Å². The van der Waals surface area contributed by atoms with E-state index < -0.39 is 0 Å². The maximum atomic E-state index is 12.0. The number of carbonyl (C=O) groups is 1. The van der Waals surface area contributed by atoms with E-state index >= 15 is 0 Å². The summed E-state index contributed by atoms with van der Waals surface area (Å²) in [6.07, 6.45) is 0.250. The van der Waals surface area contributed by atoms with Crippen LogP contribution in [-0.4, -0.2) is 11.0 Å². The third kappa shape index (κ3) is 5.07. The summed E-state index contributed by atoms with van der Waals surface area (Å²) < 4.78 is 2.17. The molecule has 0 aliphatic heterocycles. The smallest absolute Gasteiger partial charge is 0.204 e. The Morgan fingerprint density at radius 2 is 1.69 bits per heavy atom. The van der Waals surface area contributed by atoms with Crippen molar-refractivity contribution in [2.75, 3.05) is 0 Å². The molecule has 1 aromatic heterocycles. The molecule has 4 nitrogen and oxygen atoms in total. The van der Waals surface area contributed by atoms with E-state index in [4.69, 9.17) is 16.4 Å². The summed E-state index contributed by atoms with van der Waals surface area (Å²) in [5.41, 5.74) is 9.47. The lowest BCUT2D eigenvalue weighted by Crippen LogP contribution is -2.13. The molecule has 0 bridgehead atoms. The van der Waals surface area contributed by atoms with Gasteiger partial charge in [0.25, 0.3) is 0 Å². The van der Waals surface area contributed by atoms with E-state index in [1.807, 2.05) is 43.3 Å². The number of halogens is 1. The van der Waals surface area contributed by atoms with Gasteiger partial charge in [-0.05, 0) is 43.2 Å². The summed E-state index contributed by atoms with van der Waals surface area (Å²) in [4.78, 5) is 20.6. The Morgan fingerprint density at radius 3 is 2.31 bits per heavy atom. The number of nitrogens with two attached hydrogens (primary N) is 1. The van der Waals surface area contributed by atoms with Gasteiger partial charge in [-0.2, -0.15) is 0 Å². The molecule has 5 heteroatoms. The maximum Gasteiger partial charge on any atom is 0.204 e. The van der Waals surface area contributed by atoms with Gasteiger partial charge in [0.05, 0.1) is 5.69 Å². The lowest BCUT2D eigenvalue weighted by atomic mass is 10.1. The highest BCUT2D eigenvalue weighted by Crippen LogP contribution is 2.22. The minimum Gasteiger partial charge on any atom is -0.372 e. The van der Waals surface area contributed by atoms with Crippen LogP contribution in [0.5, 0.6) is 0 Å². The van der Waals surface area contributed by atoms with Crippen LogP contribution in [0.15, 0.2) is 65.5 Å². The zero-order valence-corrected chi connectivity index (χ0v) is 15.5. The second-order valence-corrected chi connectivity index (χ2v) is 6.37. The Morgan fingerprint density at radius 1 is 1.04 bits per heavy atom. The van der Waals surface area contributed by atoms with Crippen LogP contribution in [0.4, 0.5) is 0 Å². The second kappa shape index (κ2) is 9.02. The molecule has 0 saturated carbocycles. The Balaban J connectivity index is 0.000000758. The average Bonchev–Trinajstić information content (AvgIpc) is 2.59. The molecular weight excluding hydrogens is 348 g/mol. The summed E-state index contributed by atoms with van der Waals surface area (Å²) in [5, 5.41) is 0.726. The van der Waals surface area contributed by atoms with Crippen molar-refractivity contribution in [3.05, 3.63) is 92.7 Å². The van der Waals surface area contributed by atoms with Gasteiger partial charge in [-0.25, -0.2) is 0 Å². The molecule has 2 aromatic carbocycles. The van der Waals surface area contributed by atoms with Gasteiger partial charge in [-0.1, -0.05) is 47.5 Å². The molecule has 0 aliphatic carbocycles. The first kappa shape index (κ1) is 19.5. The molecule has 1 heterocycles. The number of hydrogen-bond donors (Lipinski definition) is 1. The molecule has 0 unspecified atom stereocenters. The van der Waals surface area contributed by atoms with Crippen LogP contribution >= 0.6 is 11.6 Å². The van der Waals surface area contributed by atoms with Crippen molar-refractivity contribution < 1.29 is 4.79 Å². The van der Waals surface area contributed by atoms with Crippen LogP contribution in [0.2, 0.25) is 5.02 Å².